The van der Waals surface area contributed by atoms with E-state index in [1.165, 1.54) is 22.5 Å². The van der Waals surface area contributed by atoms with Crippen molar-refractivity contribution >= 4 is 16.1 Å². The van der Waals surface area contributed by atoms with Crippen LogP contribution in [0.15, 0.2) is 29.2 Å². The first kappa shape index (κ1) is 15.2. The summed E-state index contributed by atoms with van der Waals surface area (Å²) in [6.07, 6.45) is 2.03. The number of nitrogens with zero attached hydrogens (tertiary/aromatic N) is 2. The third-order valence-corrected chi connectivity index (χ3v) is 5.76. The minimum absolute atomic E-state index is 0.0524. The molecule has 0 bridgehead atoms. The van der Waals surface area contributed by atoms with Gasteiger partial charge in [0, 0.05) is 32.2 Å². The Morgan fingerprint density at radius 1 is 1.18 bits per heavy atom. The topological polar surface area (TPSA) is 69.7 Å². The molecular weight excluding hydrogens is 309 g/mol. The predicted octanol–water partition coefficient (Wildman–Crippen LogP) is 1.00. The molecule has 0 atom stereocenters. The van der Waals surface area contributed by atoms with E-state index in [1.54, 1.807) is 4.90 Å². The summed E-state index contributed by atoms with van der Waals surface area (Å²) in [4.78, 5) is 13.5. The second-order valence-electron chi connectivity index (χ2n) is 5.57. The zero-order valence-electron chi connectivity index (χ0n) is 12.0. The van der Waals surface area contributed by atoms with Gasteiger partial charge in [0.1, 0.15) is 5.82 Å². The van der Waals surface area contributed by atoms with Crippen LogP contribution < -0.4 is 5.32 Å². The number of piperazine rings is 1. The summed E-state index contributed by atoms with van der Waals surface area (Å²) in [6.45, 7) is 1.12. The number of rotatable bonds is 3. The van der Waals surface area contributed by atoms with Crippen molar-refractivity contribution in [2.75, 3.05) is 26.2 Å². The molecule has 6 nitrogen and oxygen atoms in total. The number of benzene rings is 1. The standard InChI is InChI=1S/C14H18FN3O3S/c15-11-2-1-3-13(10-11)22(20,21)18-8-6-17(7-9-18)14(19)16-12-4-5-12/h1-3,10,12H,4-9H2,(H,16,19). The van der Waals surface area contributed by atoms with Crippen LogP contribution in [0.1, 0.15) is 12.8 Å². The number of hydrogen-bond acceptors (Lipinski definition) is 3. The van der Waals surface area contributed by atoms with Gasteiger partial charge in [-0.15, -0.1) is 0 Å². The van der Waals surface area contributed by atoms with Gasteiger partial charge in [-0.05, 0) is 31.0 Å². The van der Waals surface area contributed by atoms with Crippen LogP contribution in [0.4, 0.5) is 9.18 Å². The van der Waals surface area contributed by atoms with E-state index < -0.39 is 15.8 Å². The van der Waals surface area contributed by atoms with Crippen molar-refractivity contribution in [3.63, 3.8) is 0 Å². The number of sulfonamides is 1. The van der Waals surface area contributed by atoms with Gasteiger partial charge in [-0.2, -0.15) is 4.31 Å². The zero-order chi connectivity index (χ0) is 15.7. The van der Waals surface area contributed by atoms with Crippen molar-refractivity contribution in [2.45, 2.75) is 23.8 Å². The van der Waals surface area contributed by atoms with E-state index in [4.69, 9.17) is 0 Å². The van der Waals surface area contributed by atoms with Gasteiger partial charge in [0.15, 0.2) is 0 Å². The van der Waals surface area contributed by atoms with Crippen LogP contribution in [-0.2, 0) is 10.0 Å². The van der Waals surface area contributed by atoms with E-state index in [0.29, 0.717) is 13.1 Å². The Morgan fingerprint density at radius 3 is 2.45 bits per heavy atom. The molecule has 1 N–H and O–H groups in total. The molecule has 2 fully saturated rings. The first-order valence-corrected chi connectivity index (χ1v) is 8.72. The molecule has 120 valence electrons. The third kappa shape index (κ3) is 3.22. The molecule has 1 aromatic carbocycles. The van der Waals surface area contributed by atoms with Gasteiger partial charge in [-0.25, -0.2) is 17.6 Å². The number of carbonyl (C=O) groups excluding carboxylic acids is 1. The van der Waals surface area contributed by atoms with E-state index in [2.05, 4.69) is 5.32 Å². The molecule has 1 aromatic rings. The van der Waals surface area contributed by atoms with E-state index in [0.717, 1.165) is 18.9 Å². The lowest BCUT2D eigenvalue weighted by atomic mass is 10.3. The molecule has 0 unspecified atom stereocenters. The number of carbonyl (C=O) groups is 1. The molecule has 1 aliphatic heterocycles. The molecule has 1 saturated carbocycles. The molecule has 0 spiro atoms. The summed E-state index contributed by atoms with van der Waals surface area (Å²) in [7, 11) is -3.71. The molecule has 1 saturated heterocycles. The number of hydrogen-bond donors (Lipinski definition) is 1. The highest BCUT2D eigenvalue weighted by Gasteiger charge is 2.32. The van der Waals surface area contributed by atoms with Gasteiger partial charge >= 0.3 is 6.03 Å². The Hall–Kier alpha value is -1.67. The maximum atomic E-state index is 13.2. The van der Waals surface area contributed by atoms with E-state index in [-0.39, 0.29) is 30.1 Å². The lowest BCUT2D eigenvalue weighted by Crippen LogP contribution is -2.53. The summed E-state index contributed by atoms with van der Waals surface area (Å²) >= 11 is 0. The average molecular weight is 327 g/mol. The van der Waals surface area contributed by atoms with E-state index >= 15 is 0 Å². The van der Waals surface area contributed by atoms with Crippen molar-refractivity contribution in [3.05, 3.63) is 30.1 Å². The average Bonchev–Trinajstić information content (AvgIpc) is 3.31. The van der Waals surface area contributed by atoms with Crippen LogP contribution in [0.25, 0.3) is 0 Å². The molecule has 1 heterocycles. The summed E-state index contributed by atoms with van der Waals surface area (Å²) in [5.41, 5.74) is 0. The number of urea groups is 1. The number of amides is 2. The summed E-state index contributed by atoms with van der Waals surface area (Å²) < 4.78 is 39.4. The Morgan fingerprint density at radius 2 is 1.86 bits per heavy atom. The smallest absolute Gasteiger partial charge is 0.317 e. The molecule has 2 aliphatic rings. The molecule has 2 amide bonds. The van der Waals surface area contributed by atoms with Crippen molar-refractivity contribution in [2.24, 2.45) is 0 Å². The lowest BCUT2D eigenvalue weighted by molar-refractivity contribution is 0.172. The van der Waals surface area contributed by atoms with E-state index in [1.807, 2.05) is 0 Å². The van der Waals surface area contributed by atoms with Gasteiger partial charge in [0.2, 0.25) is 10.0 Å². The SMILES string of the molecule is O=C(NC1CC1)N1CCN(S(=O)(=O)c2cccc(F)c2)CC1. The summed E-state index contributed by atoms with van der Waals surface area (Å²) in [5.74, 6) is -0.580. The fourth-order valence-electron chi connectivity index (χ4n) is 2.40. The second-order valence-corrected chi connectivity index (χ2v) is 7.51. The van der Waals surface area contributed by atoms with Gasteiger partial charge in [-0.1, -0.05) is 6.07 Å². The first-order chi connectivity index (χ1) is 10.5. The van der Waals surface area contributed by atoms with Crippen molar-refractivity contribution in [3.8, 4) is 0 Å². The molecule has 0 aromatic heterocycles. The number of nitrogens with one attached hydrogen (secondary N) is 1. The minimum atomic E-state index is -3.71. The summed E-state index contributed by atoms with van der Waals surface area (Å²) in [5, 5.41) is 2.89. The van der Waals surface area contributed by atoms with E-state index in [9.17, 15) is 17.6 Å². The lowest BCUT2D eigenvalue weighted by Gasteiger charge is -2.34. The highest BCUT2D eigenvalue weighted by molar-refractivity contribution is 7.89. The quantitative estimate of drug-likeness (QED) is 0.900. The van der Waals surface area contributed by atoms with Crippen LogP contribution >= 0.6 is 0 Å². The van der Waals surface area contributed by atoms with Gasteiger partial charge < -0.3 is 10.2 Å². The maximum Gasteiger partial charge on any atom is 0.317 e. The van der Waals surface area contributed by atoms with Crippen molar-refractivity contribution in [1.29, 1.82) is 0 Å². The first-order valence-electron chi connectivity index (χ1n) is 7.28. The molecule has 3 rings (SSSR count). The maximum absolute atomic E-state index is 13.2. The largest absolute Gasteiger partial charge is 0.335 e. The molecule has 0 radical (unpaired) electrons. The van der Waals surface area contributed by atoms with Crippen LogP contribution in [-0.4, -0.2) is 55.9 Å². The minimum Gasteiger partial charge on any atom is -0.335 e. The fourth-order valence-corrected chi connectivity index (χ4v) is 3.86. The molecule has 1 aliphatic carbocycles. The van der Waals surface area contributed by atoms with Crippen molar-refractivity contribution < 1.29 is 17.6 Å². The highest BCUT2D eigenvalue weighted by Crippen LogP contribution is 2.20. The van der Waals surface area contributed by atoms with Crippen LogP contribution in [0, 0.1) is 5.82 Å². The monoisotopic (exact) mass is 327 g/mol. The van der Waals surface area contributed by atoms with Gasteiger partial charge in [0.05, 0.1) is 4.90 Å². The normalized spacial score (nSPS) is 20.0. The Bertz CT molecular complexity index is 668. The van der Waals surface area contributed by atoms with Crippen LogP contribution in [0.2, 0.25) is 0 Å². The third-order valence-electron chi connectivity index (χ3n) is 3.86. The Balaban J connectivity index is 1.63. The molecule has 8 heteroatoms. The molecule has 22 heavy (non-hydrogen) atoms. The Labute approximate surface area is 128 Å². The fraction of sp³-hybridized carbons (Fsp3) is 0.500. The van der Waals surface area contributed by atoms with Gasteiger partial charge in [0.25, 0.3) is 0 Å². The van der Waals surface area contributed by atoms with Gasteiger partial charge in [-0.3, -0.25) is 0 Å². The predicted molar refractivity (Wildman–Crippen MR) is 78.3 cm³/mol. The second kappa shape index (κ2) is 5.85. The highest BCUT2D eigenvalue weighted by atomic mass is 32.2. The van der Waals surface area contributed by atoms with Crippen molar-refractivity contribution in [1.82, 2.24) is 14.5 Å². The zero-order valence-corrected chi connectivity index (χ0v) is 12.9. The summed E-state index contributed by atoms with van der Waals surface area (Å²) in [6, 6.07) is 5.12. The molecular formula is C14H18FN3O3S. The van der Waals surface area contributed by atoms with Crippen LogP contribution in [0.5, 0.6) is 0 Å². The Kier molecular flexibility index (Phi) is 4.05. The number of halogens is 1. The van der Waals surface area contributed by atoms with Crippen LogP contribution in [0.3, 0.4) is 0 Å².